The number of amides is 1. The van der Waals surface area contributed by atoms with E-state index in [0.717, 1.165) is 5.69 Å². The fraction of sp³-hybridized carbons (Fsp3) is 0.233. The molecular formula is C30H31N5O8S. The summed E-state index contributed by atoms with van der Waals surface area (Å²) in [5.41, 5.74) is 4.51. The Morgan fingerprint density at radius 3 is 1.98 bits per heavy atom. The van der Waals surface area contributed by atoms with E-state index in [0.29, 0.717) is 39.4 Å². The number of hydrazone groups is 1. The molecule has 13 nitrogen and oxygen atoms in total. The van der Waals surface area contributed by atoms with Gasteiger partial charge in [0.05, 0.1) is 47.5 Å². The summed E-state index contributed by atoms with van der Waals surface area (Å²) in [6.45, 7) is 1.28. The van der Waals surface area contributed by atoms with Crippen molar-refractivity contribution >= 4 is 29.9 Å². The molecule has 0 aliphatic heterocycles. The summed E-state index contributed by atoms with van der Waals surface area (Å²) in [6.07, 6.45) is 1.42. The molecule has 0 fully saturated rings. The standard InChI is InChI=1S/C30H31N5O8S/c1-18(36)43-28-22(38-2)12-19(13-23(28)39-3)16-31-32-26(37)17-44-30-34-33-29(35(30)21-10-8-7-9-11-21)20-14-24(40-4)27(42-6)25(15-20)41-5/h7-16H,17H2,1-6H3,(H,32,37)/b31-16-. The van der Waals surface area contributed by atoms with Crippen LogP contribution in [0.3, 0.4) is 0 Å². The number of thioether (sulfide) groups is 1. The van der Waals surface area contributed by atoms with Gasteiger partial charge in [-0.3, -0.25) is 14.2 Å². The zero-order valence-corrected chi connectivity index (χ0v) is 25.8. The molecule has 14 heteroatoms. The maximum Gasteiger partial charge on any atom is 0.308 e. The van der Waals surface area contributed by atoms with Gasteiger partial charge in [-0.25, -0.2) is 5.43 Å². The lowest BCUT2D eigenvalue weighted by molar-refractivity contribution is -0.132. The molecule has 1 amide bonds. The molecule has 0 saturated carbocycles. The lowest BCUT2D eigenvalue weighted by atomic mass is 10.1. The van der Waals surface area contributed by atoms with Gasteiger partial charge in [-0.05, 0) is 36.4 Å². The van der Waals surface area contributed by atoms with Gasteiger partial charge in [0.15, 0.2) is 34.0 Å². The quantitative estimate of drug-likeness (QED) is 0.0756. The largest absolute Gasteiger partial charge is 0.493 e. The molecule has 0 unspecified atom stereocenters. The number of hydrogen-bond acceptors (Lipinski definition) is 12. The number of aromatic nitrogens is 3. The molecule has 1 heterocycles. The lowest BCUT2D eigenvalue weighted by Crippen LogP contribution is -2.20. The second kappa shape index (κ2) is 14.8. The van der Waals surface area contributed by atoms with Crippen LogP contribution >= 0.6 is 11.8 Å². The highest BCUT2D eigenvalue weighted by Gasteiger charge is 2.21. The van der Waals surface area contributed by atoms with Gasteiger partial charge in [-0.15, -0.1) is 10.2 Å². The van der Waals surface area contributed by atoms with Gasteiger partial charge < -0.3 is 28.4 Å². The Bertz CT molecular complexity index is 1610. The van der Waals surface area contributed by atoms with E-state index in [2.05, 4.69) is 20.7 Å². The molecular weight excluding hydrogens is 590 g/mol. The molecule has 0 radical (unpaired) electrons. The normalized spacial score (nSPS) is 10.8. The van der Waals surface area contributed by atoms with Crippen molar-refractivity contribution < 1.29 is 38.0 Å². The second-order valence-corrected chi connectivity index (χ2v) is 9.76. The van der Waals surface area contributed by atoms with Gasteiger partial charge in [0, 0.05) is 23.7 Å². The summed E-state index contributed by atoms with van der Waals surface area (Å²) in [6, 6.07) is 16.3. The first-order valence-corrected chi connectivity index (χ1v) is 14.0. The van der Waals surface area contributed by atoms with Gasteiger partial charge in [-0.1, -0.05) is 30.0 Å². The lowest BCUT2D eigenvalue weighted by Gasteiger charge is -2.15. The Morgan fingerprint density at radius 1 is 0.841 bits per heavy atom. The van der Waals surface area contributed by atoms with Crippen LogP contribution in [0.5, 0.6) is 34.5 Å². The minimum absolute atomic E-state index is 0.00437. The average molecular weight is 622 g/mol. The highest BCUT2D eigenvalue weighted by atomic mass is 32.2. The van der Waals surface area contributed by atoms with Crippen molar-refractivity contribution in [2.75, 3.05) is 41.3 Å². The number of carbonyl (C=O) groups excluding carboxylic acids is 2. The van der Waals surface area contributed by atoms with Gasteiger partial charge in [-0.2, -0.15) is 5.10 Å². The van der Waals surface area contributed by atoms with Crippen LogP contribution in [-0.4, -0.2) is 74.2 Å². The maximum atomic E-state index is 12.7. The second-order valence-electron chi connectivity index (χ2n) is 8.82. The number of esters is 1. The van der Waals surface area contributed by atoms with Crippen molar-refractivity contribution in [2.45, 2.75) is 12.1 Å². The molecule has 0 atom stereocenters. The van der Waals surface area contributed by atoms with E-state index in [1.54, 1.807) is 24.3 Å². The number of rotatable bonds is 13. The van der Waals surface area contributed by atoms with Gasteiger partial charge >= 0.3 is 5.97 Å². The minimum atomic E-state index is -0.522. The number of nitrogens with one attached hydrogen (secondary N) is 1. The highest BCUT2D eigenvalue weighted by molar-refractivity contribution is 7.99. The zero-order chi connectivity index (χ0) is 31.6. The summed E-state index contributed by atoms with van der Waals surface area (Å²) in [5.74, 6) is 1.68. The average Bonchev–Trinajstić information content (AvgIpc) is 3.47. The number of carbonyl (C=O) groups is 2. The van der Waals surface area contributed by atoms with Crippen LogP contribution in [0.2, 0.25) is 0 Å². The van der Waals surface area contributed by atoms with Crippen molar-refractivity contribution in [3.05, 3.63) is 60.2 Å². The smallest absolute Gasteiger partial charge is 0.308 e. The van der Waals surface area contributed by atoms with E-state index >= 15 is 0 Å². The predicted molar refractivity (Wildman–Crippen MR) is 164 cm³/mol. The molecule has 4 aromatic rings. The molecule has 4 rings (SSSR count). The van der Waals surface area contributed by atoms with Crippen LogP contribution in [0.15, 0.2) is 64.9 Å². The van der Waals surface area contributed by atoms with Crippen LogP contribution in [0, 0.1) is 0 Å². The summed E-state index contributed by atoms with van der Waals surface area (Å²) >= 11 is 1.19. The summed E-state index contributed by atoms with van der Waals surface area (Å²) in [5, 5.41) is 13.3. The van der Waals surface area contributed by atoms with Crippen molar-refractivity contribution in [1.29, 1.82) is 0 Å². The van der Waals surface area contributed by atoms with Gasteiger partial charge in [0.1, 0.15) is 0 Å². The van der Waals surface area contributed by atoms with E-state index < -0.39 is 5.97 Å². The van der Waals surface area contributed by atoms with Crippen LogP contribution in [0.25, 0.3) is 17.1 Å². The number of hydrogen-bond donors (Lipinski definition) is 1. The molecule has 1 aromatic heterocycles. The molecule has 0 bridgehead atoms. The predicted octanol–water partition coefficient (Wildman–Crippen LogP) is 4.15. The van der Waals surface area contributed by atoms with E-state index in [4.69, 9.17) is 28.4 Å². The van der Waals surface area contributed by atoms with E-state index in [-0.39, 0.29) is 28.9 Å². The number of nitrogens with zero attached hydrogens (tertiary/aromatic N) is 4. The topological polar surface area (TPSA) is 145 Å². The first-order valence-electron chi connectivity index (χ1n) is 13.0. The molecule has 44 heavy (non-hydrogen) atoms. The van der Waals surface area contributed by atoms with Crippen LogP contribution < -0.4 is 33.8 Å². The van der Waals surface area contributed by atoms with Crippen molar-refractivity contribution in [3.8, 4) is 51.6 Å². The molecule has 1 N–H and O–H groups in total. The van der Waals surface area contributed by atoms with Crippen molar-refractivity contribution in [3.63, 3.8) is 0 Å². The van der Waals surface area contributed by atoms with E-state index in [1.807, 2.05) is 34.9 Å². The number of benzene rings is 3. The summed E-state index contributed by atoms with van der Waals surface area (Å²) in [4.78, 5) is 24.2. The fourth-order valence-electron chi connectivity index (χ4n) is 4.13. The molecule has 0 aliphatic rings. The molecule has 0 saturated heterocycles. The zero-order valence-electron chi connectivity index (χ0n) is 24.9. The van der Waals surface area contributed by atoms with E-state index in [1.165, 1.54) is 60.4 Å². The fourth-order valence-corrected chi connectivity index (χ4v) is 4.87. The third-order valence-electron chi connectivity index (χ3n) is 6.03. The highest BCUT2D eigenvalue weighted by Crippen LogP contribution is 2.42. The minimum Gasteiger partial charge on any atom is -0.493 e. The molecule has 230 valence electrons. The first kappa shape index (κ1) is 31.7. The first-order chi connectivity index (χ1) is 21.3. The van der Waals surface area contributed by atoms with Gasteiger partial charge in [0.25, 0.3) is 5.91 Å². The Morgan fingerprint density at radius 2 is 1.43 bits per heavy atom. The van der Waals surface area contributed by atoms with Crippen LogP contribution in [0.1, 0.15) is 12.5 Å². The van der Waals surface area contributed by atoms with Crippen LogP contribution in [0.4, 0.5) is 0 Å². The van der Waals surface area contributed by atoms with Crippen LogP contribution in [-0.2, 0) is 9.59 Å². The maximum absolute atomic E-state index is 12.7. The van der Waals surface area contributed by atoms with Crippen molar-refractivity contribution in [2.24, 2.45) is 5.10 Å². The molecule has 0 spiro atoms. The number of ether oxygens (including phenoxy) is 6. The molecule has 0 aliphatic carbocycles. The third-order valence-corrected chi connectivity index (χ3v) is 6.96. The summed E-state index contributed by atoms with van der Waals surface area (Å²) in [7, 11) is 7.48. The Labute approximate surface area is 258 Å². The SMILES string of the molecule is COc1cc(-c2nnc(SCC(=O)N/N=C\c3cc(OC)c(OC(C)=O)c(OC)c3)n2-c2ccccc2)cc(OC)c1OC. The number of methoxy groups -OCH3 is 5. The molecule has 3 aromatic carbocycles. The third kappa shape index (κ3) is 7.21. The Kier molecular flexibility index (Phi) is 10.6. The number of para-hydroxylation sites is 1. The monoisotopic (exact) mass is 621 g/mol. The Hall–Kier alpha value is -5.24. The Balaban J connectivity index is 1.55. The van der Waals surface area contributed by atoms with Crippen molar-refractivity contribution in [1.82, 2.24) is 20.2 Å². The summed E-state index contributed by atoms with van der Waals surface area (Å²) < 4.78 is 34.2. The van der Waals surface area contributed by atoms with E-state index in [9.17, 15) is 9.59 Å². The van der Waals surface area contributed by atoms with Gasteiger partial charge in [0.2, 0.25) is 11.5 Å².